The van der Waals surface area contributed by atoms with E-state index in [4.69, 9.17) is 11.6 Å². The average molecular weight is 306 g/mol. The standard InChI is InChI=1S/C16H16ClNOS/c17-13-6-11-20-14(13)15(19)16(7-9-18-10-8-16)12-4-2-1-3-5-12/h1-6,11,18H,7-10H2. The van der Waals surface area contributed by atoms with Gasteiger partial charge >= 0.3 is 0 Å². The van der Waals surface area contributed by atoms with E-state index in [0.717, 1.165) is 31.5 Å². The van der Waals surface area contributed by atoms with Gasteiger partial charge in [0.15, 0.2) is 5.78 Å². The van der Waals surface area contributed by atoms with Crippen molar-refractivity contribution < 1.29 is 4.79 Å². The van der Waals surface area contributed by atoms with Gasteiger partial charge in [0.1, 0.15) is 0 Å². The lowest BCUT2D eigenvalue weighted by atomic mass is 9.69. The lowest BCUT2D eigenvalue weighted by Crippen LogP contribution is -2.45. The van der Waals surface area contributed by atoms with Gasteiger partial charge < -0.3 is 5.32 Å². The molecule has 2 nitrogen and oxygen atoms in total. The van der Waals surface area contributed by atoms with Crippen molar-refractivity contribution in [3.8, 4) is 0 Å². The van der Waals surface area contributed by atoms with E-state index in [1.54, 1.807) is 6.07 Å². The van der Waals surface area contributed by atoms with Crippen LogP contribution in [0.5, 0.6) is 0 Å². The number of piperidine rings is 1. The lowest BCUT2D eigenvalue weighted by molar-refractivity contribution is 0.0852. The van der Waals surface area contributed by atoms with E-state index in [2.05, 4.69) is 17.4 Å². The summed E-state index contributed by atoms with van der Waals surface area (Å²) >= 11 is 7.62. The molecule has 0 aliphatic carbocycles. The minimum atomic E-state index is -0.430. The highest BCUT2D eigenvalue weighted by Crippen LogP contribution is 2.39. The summed E-state index contributed by atoms with van der Waals surface area (Å²) in [5.41, 5.74) is 0.678. The summed E-state index contributed by atoms with van der Waals surface area (Å²) < 4.78 is 0. The van der Waals surface area contributed by atoms with Crippen molar-refractivity contribution in [2.24, 2.45) is 0 Å². The molecule has 1 aliphatic rings. The highest BCUT2D eigenvalue weighted by Gasteiger charge is 2.42. The fraction of sp³-hybridized carbons (Fsp3) is 0.312. The highest BCUT2D eigenvalue weighted by atomic mass is 35.5. The summed E-state index contributed by atoms with van der Waals surface area (Å²) in [6, 6.07) is 11.9. The van der Waals surface area contributed by atoms with Gasteiger partial charge in [0, 0.05) is 0 Å². The molecule has 1 saturated heterocycles. The van der Waals surface area contributed by atoms with Crippen LogP contribution < -0.4 is 5.32 Å². The molecule has 2 heterocycles. The first kappa shape index (κ1) is 13.8. The molecular weight excluding hydrogens is 290 g/mol. The summed E-state index contributed by atoms with van der Waals surface area (Å²) in [7, 11) is 0. The van der Waals surface area contributed by atoms with Crippen LogP contribution in [-0.2, 0) is 5.41 Å². The second-order valence-electron chi connectivity index (χ2n) is 5.12. The summed E-state index contributed by atoms with van der Waals surface area (Å²) in [6.07, 6.45) is 1.65. The Morgan fingerprint density at radius 1 is 1.15 bits per heavy atom. The van der Waals surface area contributed by atoms with Crippen molar-refractivity contribution in [2.45, 2.75) is 18.3 Å². The summed E-state index contributed by atoms with van der Waals surface area (Å²) in [6.45, 7) is 1.73. The van der Waals surface area contributed by atoms with Crippen LogP contribution in [0, 0.1) is 0 Å². The molecule has 0 amide bonds. The Labute approximate surface area is 127 Å². The predicted octanol–water partition coefficient (Wildman–Crippen LogP) is 3.91. The largest absolute Gasteiger partial charge is 0.317 e. The number of ketones is 1. The molecule has 1 aliphatic heterocycles. The SMILES string of the molecule is O=C(c1sccc1Cl)C1(c2ccccc2)CCNCC1. The van der Waals surface area contributed by atoms with Crippen LogP contribution in [0.1, 0.15) is 28.1 Å². The number of hydrogen-bond donors (Lipinski definition) is 1. The molecule has 0 radical (unpaired) electrons. The van der Waals surface area contributed by atoms with Gasteiger partial charge in [-0.15, -0.1) is 11.3 Å². The molecule has 104 valence electrons. The molecule has 4 heteroatoms. The van der Waals surface area contributed by atoms with Crippen molar-refractivity contribution in [1.29, 1.82) is 0 Å². The van der Waals surface area contributed by atoms with E-state index in [1.807, 2.05) is 23.6 Å². The first-order valence-electron chi connectivity index (χ1n) is 6.78. The third kappa shape index (κ3) is 2.30. The van der Waals surface area contributed by atoms with E-state index in [0.29, 0.717) is 9.90 Å². The Morgan fingerprint density at radius 2 is 1.85 bits per heavy atom. The Morgan fingerprint density at radius 3 is 2.45 bits per heavy atom. The van der Waals surface area contributed by atoms with Crippen LogP contribution in [0.25, 0.3) is 0 Å². The van der Waals surface area contributed by atoms with Crippen molar-refractivity contribution in [1.82, 2.24) is 5.32 Å². The normalized spacial score (nSPS) is 17.9. The Kier molecular flexibility index (Phi) is 3.92. The Balaban J connectivity index is 2.07. The molecule has 0 spiro atoms. The maximum Gasteiger partial charge on any atom is 0.184 e. The molecular formula is C16H16ClNOS. The summed E-state index contributed by atoms with van der Waals surface area (Å²) in [4.78, 5) is 13.8. The van der Waals surface area contributed by atoms with Gasteiger partial charge in [-0.25, -0.2) is 0 Å². The van der Waals surface area contributed by atoms with E-state index in [1.165, 1.54) is 11.3 Å². The van der Waals surface area contributed by atoms with Gasteiger partial charge in [0.05, 0.1) is 15.3 Å². The molecule has 0 atom stereocenters. The van der Waals surface area contributed by atoms with Crippen molar-refractivity contribution >= 4 is 28.7 Å². The first-order valence-corrected chi connectivity index (χ1v) is 8.04. The third-order valence-electron chi connectivity index (χ3n) is 4.04. The van der Waals surface area contributed by atoms with Crippen LogP contribution in [0.2, 0.25) is 5.02 Å². The topological polar surface area (TPSA) is 29.1 Å². The van der Waals surface area contributed by atoms with Crippen LogP contribution in [-0.4, -0.2) is 18.9 Å². The number of thiophene rings is 1. The zero-order valence-electron chi connectivity index (χ0n) is 11.1. The van der Waals surface area contributed by atoms with E-state index in [-0.39, 0.29) is 5.78 Å². The number of rotatable bonds is 3. The number of Topliss-reactive ketones (excluding diaryl/α,β-unsaturated/α-hetero) is 1. The monoisotopic (exact) mass is 305 g/mol. The Bertz CT molecular complexity index is 602. The summed E-state index contributed by atoms with van der Waals surface area (Å²) in [5.74, 6) is 0.171. The maximum atomic E-state index is 13.1. The fourth-order valence-corrected chi connectivity index (χ4v) is 4.11. The smallest absolute Gasteiger partial charge is 0.184 e. The molecule has 3 rings (SSSR count). The van der Waals surface area contributed by atoms with Gasteiger partial charge in [-0.1, -0.05) is 41.9 Å². The summed E-state index contributed by atoms with van der Waals surface area (Å²) in [5, 5.41) is 5.80. The van der Waals surface area contributed by atoms with Gasteiger partial charge in [-0.3, -0.25) is 4.79 Å². The minimum absolute atomic E-state index is 0.171. The number of nitrogens with one attached hydrogen (secondary N) is 1. The quantitative estimate of drug-likeness (QED) is 0.871. The second kappa shape index (κ2) is 5.68. The zero-order valence-corrected chi connectivity index (χ0v) is 12.6. The molecule has 2 aromatic rings. The van der Waals surface area contributed by atoms with Gasteiger partial charge in [-0.2, -0.15) is 0 Å². The molecule has 1 N–H and O–H groups in total. The number of hydrogen-bond acceptors (Lipinski definition) is 3. The van der Waals surface area contributed by atoms with Crippen LogP contribution in [0.3, 0.4) is 0 Å². The minimum Gasteiger partial charge on any atom is -0.317 e. The molecule has 1 aromatic carbocycles. The first-order chi connectivity index (χ1) is 9.74. The molecule has 0 bridgehead atoms. The highest BCUT2D eigenvalue weighted by molar-refractivity contribution is 7.12. The van der Waals surface area contributed by atoms with E-state index >= 15 is 0 Å². The van der Waals surface area contributed by atoms with Crippen molar-refractivity contribution in [2.75, 3.05) is 13.1 Å². The third-order valence-corrected chi connectivity index (χ3v) is 5.38. The number of halogens is 1. The zero-order chi connectivity index (χ0) is 14.0. The van der Waals surface area contributed by atoms with E-state index < -0.39 is 5.41 Å². The van der Waals surface area contributed by atoms with Gasteiger partial charge in [0.25, 0.3) is 0 Å². The van der Waals surface area contributed by atoms with Gasteiger partial charge in [0.2, 0.25) is 0 Å². The number of carbonyl (C=O) groups excluding carboxylic acids is 1. The maximum absolute atomic E-state index is 13.1. The van der Waals surface area contributed by atoms with Crippen molar-refractivity contribution in [3.63, 3.8) is 0 Å². The number of carbonyl (C=O) groups is 1. The lowest BCUT2D eigenvalue weighted by Gasteiger charge is -2.36. The Hall–Kier alpha value is -1.16. The predicted molar refractivity (Wildman–Crippen MR) is 83.9 cm³/mol. The molecule has 1 aromatic heterocycles. The molecule has 0 saturated carbocycles. The fourth-order valence-electron chi connectivity index (χ4n) is 2.93. The van der Waals surface area contributed by atoms with E-state index in [9.17, 15) is 4.79 Å². The average Bonchev–Trinajstić information content (AvgIpc) is 2.94. The molecule has 1 fully saturated rings. The van der Waals surface area contributed by atoms with Crippen molar-refractivity contribution in [3.05, 3.63) is 57.2 Å². The van der Waals surface area contributed by atoms with Gasteiger partial charge in [-0.05, 0) is 42.9 Å². The number of benzene rings is 1. The molecule has 20 heavy (non-hydrogen) atoms. The van der Waals surface area contributed by atoms with Crippen LogP contribution in [0.15, 0.2) is 41.8 Å². The van der Waals surface area contributed by atoms with Crippen LogP contribution in [0.4, 0.5) is 0 Å². The second-order valence-corrected chi connectivity index (χ2v) is 6.45. The molecule has 0 unspecified atom stereocenters. The van der Waals surface area contributed by atoms with Crippen LogP contribution >= 0.6 is 22.9 Å².